The molecule has 1 aliphatic rings. The molecule has 1 N–H and O–H groups in total. The van der Waals surface area contributed by atoms with Crippen LogP contribution in [0.4, 0.5) is 11.5 Å². The zero-order valence-corrected chi connectivity index (χ0v) is 15.5. The van der Waals surface area contributed by atoms with Crippen molar-refractivity contribution in [2.24, 2.45) is 7.05 Å². The van der Waals surface area contributed by atoms with Crippen LogP contribution in [-0.4, -0.2) is 42.0 Å². The zero-order valence-electron chi connectivity index (χ0n) is 15.5. The average molecular weight is 376 g/mol. The van der Waals surface area contributed by atoms with Crippen molar-refractivity contribution in [3.63, 3.8) is 0 Å². The SMILES string of the molecule is Cn1nc(NC(=O)c2ccc3occc3c2)c2c(N3CCOCC3)cccc21. The molecule has 0 bridgehead atoms. The number of furan rings is 1. The Hall–Kier alpha value is -3.32. The van der Waals surface area contributed by atoms with Gasteiger partial charge in [-0.3, -0.25) is 9.48 Å². The molecule has 0 atom stereocenters. The van der Waals surface area contributed by atoms with E-state index in [-0.39, 0.29) is 5.91 Å². The zero-order chi connectivity index (χ0) is 19.1. The number of benzene rings is 2. The van der Waals surface area contributed by atoms with Gasteiger partial charge in [-0.2, -0.15) is 5.10 Å². The lowest BCUT2D eigenvalue weighted by atomic mass is 10.1. The number of rotatable bonds is 3. The average Bonchev–Trinajstić information content (AvgIpc) is 3.32. The highest BCUT2D eigenvalue weighted by Crippen LogP contribution is 2.33. The van der Waals surface area contributed by atoms with E-state index < -0.39 is 0 Å². The molecule has 0 unspecified atom stereocenters. The molecule has 142 valence electrons. The number of hydrogen-bond acceptors (Lipinski definition) is 5. The molecule has 7 nitrogen and oxygen atoms in total. The second-order valence-electron chi connectivity index (χ2n) is 6.87. The first kappa shape index (κ1) is 16.8. The maximum Gasteiger partial charge on any atom is 0.256 e. The molecule has 1 aliphatic heterocycles. The van der Waals surface area contributed by atoms with Crippen molar-refractivity contribution in [3.8, 4) is 0 Å². The second-order valence-corrected chi connectivity index (χ2v) is 6.87. The van der Waals surface area contributed by atoms with Crippen LogP contribution in [0, 0.1) is 0 Å². The molecule has 5 rings (SSSR count). The van der Waals surface area contributed by atoms with Gasteiger partial charge in [0.25, 0.3) is 5.91 Å². The molecule has 1 amide bonds. The van der Waals surface area contributed by atoms with Crippen LogP contribution in [0.3, 0.4) is 0 Å². The molecule has 4 aromatic rings. The Labute approximate surface area is 161 Å². The van der Waals surface area contributed by atoms with E-state index in [0.29, 0.717) is 24.6 Å². The van der Waals surface area contributed by atoms with Crippen LogP contribution in [0.15, 0.2) is 53.1 Å². The minimum Gasteiger partial charge on any atom is -0.464 e. The number of ether oxygens (including phenoxy) is 1. The van der Waals surface area contributed by atoms with E-state index in [1.165, 1.54) is 0 Å². The number of aromatic nitrogens is 2. The number of anilines is 2. The molecule has 3 heterocycles. The summed E-state index contributed by atoms with van der Waals surface area (Å²) in [4.78, 5) is 15.2. The number of nitrogens with one attached hydrogen (secondary N) is 1. The summed E-state index contributed by atoms with van der Waals surface area (Å²) in [6.07, 6.45) is 1.62. The van der Waals surface area contributed by atoms with E-state index in [1.54, 1.807) is 23.1 Å². The third-order valence-electron chi connectivity index (χ3n) is 5.15. The molecule has 0 spiro atoms. The number of fused-ring (bicyclic) bond motifs is 2. The lowest BCUT2D eigenvalue weighted by molar-refractivity contribution is 0.102. The highest BCUT2D eigenvalue weighted by Gasteiger charge is 2.20. The van der Waals surface area contributed by atoms with Crippen LogP contribution in [0.5, 0.6) is 0 Å². The highest BCUT2D eigenvalue weighted by molar-refractivity contribution is 6.11. The number of carbonyl (C=O) groups excluding carboxylic acids is 1. The predicted molar refractivity (Wildman–Crippen MR) is 108 cm³/mol. The van der Waals surface area contributed by atoms with Crippen molar-refractivity contribution in [1.82, 2.24) is 9.78 Å². The van der Waals surface area contributed by atoms with E-state index in [0.717, 1.165) is 40.6 Å². The summed E-state index contributed by atoms with van der Waals surface area (Å²) >= 11 is 0. The Kier molecular flexibility index (Phi) is 4.02. The smallest absolute Gasteiger partial charge is 0.256 e. The van der Waals surface area contributed by atoms with Gasteiger partial charge < -0.3 is 19.4 Å². The Morgan fingerprint density at radius 2 is 2.00 bits per heavy atom. The van der Waals surface area contributed by atoms with Crippen molar-refractivity contribution in [2.45, 2.75) is 0 Å². The summed E-state index contributed by atoms with van der Waals surface area (Å²) in [6.45, 7) is 3.03. The van der Waals surface area contributed by atoms with Gasteiger partial charge in [0, 0.05) is 31.1 Å². The Balaban J connectivity index is 1.53. The van der Waals surface area contributed by atoms with Gasteiger partial charge in [0.2, 0.25) is 0 Å². The summed E-state index contributed by atoms with van der Waals surface area (Å²) in [5, 5.41) is 9.41. The summed E-state index contributed by atoms with van der Waals surface area (Å²) in [6, 6.07) is 13.3. The van der Waals surface area contributed by atoms with Gasteiger partial charge in [-0.1, -0.05) is 6.07 Å². The monoisotopic (exact) mass is 376 g/mol. The fourth-order valence-electron chi connectivity index (χ4n) is 3.74. The normalized spacial score (nSPS) is 14.7. The summed E-state index contributed by atoms with van der Waals surface area (Å²) < 4.78 is 12.6. The van der Waals surface area contributed by atoms with Crippen molar-refractivity contribution in [1.29, 1.82) is 0 Å². The maximum absolute atomic E-state index is 12.9. The molecular weight excluding hydrogens is 356 g/mol. The molecule has 1 fully saturated rings. The maximum atomic E-state index is 12.9. The first-order chi connectivity index (χ1) is 13.7. The van der Waals surface area contributed by atoms with Gasteiger partial charge in [0.05, 0.1) is 36.1 Å². The van der Waals surface area contributed by atoms with Crippen LogP contribution in [-0.2, 0) is 11.8 Å². The van der Waals surface area contributed by atoms with E-state index in [9.17, 15) is 4.79 Å². The van der Waals surface area contributed by atoms with E-state index in [4.69, 9.17) is 9.15 Å². The van der Waals surface area contributed by atoms with Gasteiger partial charge in [0.1, 0.15) is 5.58 Å². The lowest BCUT2D eigenvalue weighted by Gasteiger charge is -2.29. The molecule has 1 saturated heterocycles. The topological polar surface area (TPSA) is 72.5 Å². The number of carbonyl (C=O) groups is 1. The van der Waals surface area contributed by atoms with E-state index >= 15 is 0 Å². The van der Waals surface area contributed by atoms with Crippen LogP contribution in [0.1, 0.15) is 10.4 Å². The number of aryl methyl sites for hydroxylation is 1. The van der Waals surface area contributed by atoms with Crippen LogP contribution in [0.25, 0.3) is 21.9 Å². The minimum absolute atomic E-state index is 0.195. The Bertz CT molecular complexity index is 1170. The quantitative estimate of drug-likeness (QED) is 0.593. The molecule has 2 aromatic heterocycles. The highest BCUT2D eigenvalue weighted by atomic mass is 16.5. The van der Waals surface area contributed by atoms with Gasteiger partial charge in [0.15, 0.2) is 5.82 Å². The molecule has 0 saturated carbocycles. The Morgan fingerprint density at radius 1 is 1.14 bits per heavy atom. The Morgan fingerprint density at radius 3 is 2.86 bits per heavy atom. The number of amides is 1. The van der Waals surface area contributed by atoms with Crippen molar-refractivity contribution in [3.05, 3.63) is 54.3 Å². The second kappa shape index (κ2) is 6.69. The third-order valence-corrected chi connectivity index (χ3v) is 5.15. The number of hydrogen-bond donors (Lipinski definition) is 1. The third kappa shape index (κ3) is 2.80. The van der Waals surface area contributed by atoms with Crippen molar-refractivity contribution < 1.29 is 13.9 Å². The van der Waals surface area contributed by atoms with E-state index in [1.807, 2.05) is 31.3 Å². The molecule has 2 aromatic carbocycles. The van der Waals surface area contributed by atoms with Gasteiger partial charge in [-0.15, -0.1) is 0 Å². The fraction of sp³-hybridized carbons (Fsp3) is 0.238. The molecular formula is C21H20N4O3. The summed E-state index contributed by atoms with van der Waals surface area (Å²) in [7, 11) is 1.89. The molecule has 28 heavy (non-hydrogen) atoms. The van der Waals surface area contributed by atoms with Gasteiger partial charge in [-0.25, -0.2) is 0 Å². The first-order valence-electron chi connectivity index (χ1n) is 9.28. The van der Waals surface area contributed by atoms with Gasteiger partial charge in [-0.05, 0) is 36.4 Å². The standard InChI is InChI=1S/C21H20N4O3/c1-24-16-3-2-4-17(25-8-11-27-12-9-25)19(16)20(23-24)22-21(26)15-5-6-18-14(13-15)7-10-28-18/h2-7,10,13H,8-9,11-12H2,1H3,(H,22,23,26). The summed E-state index contributed by atoms with van der Waals surface area (Å²) in [5.74, 6) is 0.372. The summed E-state index contributed by atoms with van der Waals surface area (Å²) in [5.41, 5.74) is 3.37. The molecule has 7 heteroatoms. The van der Waals surface area contributed by atoms with Crippen molar-refractivity contribution >= 4 is 39.3 Å². The molecule has 0 radical (unpaired) electrons. The fourth-order valence-corrected chi connectivity index (χ4v) is 3.74. The minimum atomic E-state index is -0.195. The lowest BCUT2D eigenvalue weighted by Crippen LogP contribution is -2.36. The largest absolute Gasteiger partial charge is 0.464 e. The first-order valence-corrected chi connectivity index (χ1v) is 9.28. The van der Waals surface area contributed by atoms with Crippen LogP contribution < -0.4 is 10.2 Å². The van der Waals surface area contributed by atoms with E-state index in [2.05, 4.69) is 21.4 Å². The van der Waals surface area contributed by atoms with Crippen LogP contribution >= 0.6 is 0 Å². The molecule has 0 aliphatic carbocycles. The van der Waals surface area contributed by atoms with Gasteiger partial charge >= 0.3 is 0 Å². The number of nitrogens with zero attached hydrogens (tertiary/aromatic N) is 3. The van der Waals surface area contributed by atoms with Crippen molar-refractivity contribution in [2.75, 3.05) is 36.5 Å². The number of morpholine rings is 1. The predicted octanol–water partition coefficient (Wildman–Crippen LogP) is 3.41. The van der Waals surface area contributed by atoms with Crippen LogP contribution in [0.2, 0.25) is 0 Å².